The number of ether oxygens (including phenoxy) is 1. The smallest absolute Gasteiger partial charge is 0.463 e. The van der Waals surface area contributed by atoms with E-state index in [0.29, 0.717) is 12.8 Å². The van der Waals surface area contributed by atoms with Crippen LogP contribution in [0.2, 0.25) is 0 Å². The van der Waals surface area contributed by atoms with Crippen LogP contribution in [0.5, 0.6) is 0 Å². The number of phosphoric acid groups is 1. The van der Waals surface area contributed by atoms with Gasteiger partial charge in [0.1, 0.15) is 12.7 Å². The number of phosphoric ester groups is 1. The molecule has 0 bridgehead atoms. The normalized spacial score (nSPS) is 14.4. The molecule has 344 valence electrons. The lowest BCUT2D eigenvalue weighted by Crippen LogP contribution is -2.27. The molecule has 0 saturated heterocycles. The fourth-order valence-corrected chi connectivity index (χ4v) is 6.26. The molecule has 0 saturated carbocycles. The predicted molar refractivity (Wildman–Crippen MR) is 256 cm³/mol. The standard InChI is InChI=1S/C51H82NO8P/c1-3-5-7-9-11-13-15-17-19-21-22-23-24-25-26-28-29-31-33-35-37-39-41-43-50(54)52-45-46-59-61(56,57)60-48-49(53)47-58-51(55)44-42-40-38-36-34-32-30-27-20-18-16-14-12-10-8-6-4-2/h5-8,11-14,17-20,22-23,25-26,29,31,35,37,49,53H,3-4,9-10,15-16,21,24,27-28,30,32-34,36,38-48H2,1-2H3,(H,52,54)(H,56,57)/b7-5-,8-6-,13-11-,14-12-,19-17-,20-18-,23-22-,26-25-,31-29-,37-35-. The molecule has 0 aliphatic carbocycles. The number of amides is 1. The summed E-state index contributed by atoms with van der Waals surface area (Å²) in [5.74, 6) is -0.598. The van der Waals surface area contributed by atoms with Crippen LogP contribution in [0.3, 0.4) is 0 Å². The molecule has 61 heavy (non-hydrogen) atoms. The van der Waals surface area contributed by atoms with Crippen molar-refractivity contribution in [2.24, 2.45) is 0 Å². The van der Waals surface area contributed by atoms with Crippen LogP contribution in [0, 0.1) is 0 Å². The summed E-state index contributed by atoms with van der Waals surface area (Å²) in [6.07, 6.45) is 62.8. The van der Waals surface area contributed by atoms with Gasteiger partial charge >= 0.3 is 13.8 Å². The van der Waals surface area contributed by atoms with Crippen molar-refractivity contribution in [3.63, 3.8) is 0 Å². The van der Waals surface area contributed by atoms with Gasteiger partial charge in [-0.05, 0) is 96.3 Å². The number of hydrogen-bond acceptors (Lipinski definition) is 7. The minimum absolute atomic E-state index is 0.0408. The first-order valence-corrected chi connectivity index (χ1v) is 24.5. The maximum atomic E-state index is 12.1. The Labute approximate surface area is 370 Å². The van der Waals surface area contributed by atoms with E-state index in [1.165, 1.54) is 19.3 Å². The van der Waals surface area contributed by atoms with Crippen molar-refractivity contribution in [1.82, 2.24) is 5.32 Å². The summed E-state index contributed by atoms with van der Waals surface area (Å²) < 4.78 is 26.9. The number of hydrogen-bond donors (Lipinski definition) is 3. The number of carbonyl (C=O) groups is 2. The number of aliphatic hydroxyl groups is 1. The van der Waals surface area contributed by atoms with Crippen molar-refractivity contribution in [2.75, 3.05) is 26.4 Å². The Kier molecular flexibility index (Phi) is 43.2. The topological polar surface area (TPSA) is 131 Å². The van der Waals surface area contributed by atoms with Crippen LogP contribution in [0.1, 0.15) is 155 Å². The Balaban J connectivity index is 3.73. The van der Waals surface area contributed by atoms with E-state index in [9.17, 15) is 24.2 Å². The highest BCUT2D eigenvalue weighted by atomic mass is 31.2. The first-order chi connectivity index (χ1) is 29.8. The second kappa shape index (κ2) is 45.9. The van der Waals surface area contributed by atoms with E-state index in [0.717, 1.165) is 103 Å². The second-order valence-corrected chi connectivity index (χ2v) is 16.1. The molecule has 10 heteroatoms. The molecule has 2 atom stereocenters. The first kappa shape index (κ1) is 57.4. The first-order valence-electron chi connectivity index (χ1n) is 23.0. The van der Waals surface area contributed by atoms with Gasteiger partial charge in [-0.25, -0.2) is 4.57 Å². The molecule has 0 fully saturated rings. The third-order valence-electron chi connectivity index (χ3n) is 8.89. The maximum Gasteiger partial charge on any atom is 0.472 e. The molecule has 1 amide bonds. The van der Waals surface area contributed by atoms with Gasteiger partial charge in [0.25, 0.3) is 0 Å². The Morgan fingerprint density at radius 1 is 0.508 bits per heavy atom. The fraction of sp³-hybridized carbons (Fsp3) is 0.569. The van der Waals surface area contributed by atoms with Crippen LogP contribution in [0.15, 0.2) is 122 Å². The quantitative estimate of drug-likeness (QED) is 0.0240. The molecule has 0 aromatic rings. The fourth-order valence-electron chi connectivity index (χ4n) is 5.50. The summed E-state index contributed by atoms with van der Waals surface area (Å²) in [5, 5.41) is 12.7. The summed E-state index contributed by atoms with van der Waals surface area (Å²) in [4.78, 5) is 34.0. The minimum Gasteiger partial charge on any atom is -0.463 e. The highest BCUT2D eigenvalue weighted by Crippen LogP contribution is 2.42. The molecule has 2 unspecified atom stereocenters. The average molecular weight is 868 g/mol. The Hall–Kier alpha value is -3.59. The number of nitrogens with one attached hydrogen (secondary N) is 1. The summed E-state index contributed by atoms with van der Waals surface area (Å²) in [5.41, 5.74) is 0. The molecule has 0 aromatic heterocycles. The lowest BCUT2D eigenvalue weighted by Gasteiger charge is -2.15. The largest absolute Gasteiger partial charge is 0.472 e. The van der Waals surface area contributed by atoms with E-state index in [1.807, 2.05) is 0 Å². The summed E-state index contributed by atoms with van der Waals surface area (Å²) >= 11 is 0. The lowest BCUT2D eigenvalue weighted by molar-refractivity contribution is -0.147. The molecule has 0 rings (SSSR count). The van der Waals surface area contributed by atoms with Gasteiger partial charge in [-0.3, -0.25) is 18.6 Å². The van der Waals surface area contributed by atoms with Crippen molar-refractivity contribution < 1.29 is 37.9 Å². The highest BCUT2D eigenvalue weighted by molar-refractivity contribution is 7.47. The summed E-state index contributed by atoms with van der Waals surface area (Å²) in [6, 6.07) is 0. The Bertz CT molecular complexity index is 1400. The maximum absolute atomic E-state index is 12.1. The second-order valence-electron chi connectivity index (χ2n) is 14.6. The van der Waals surface area contributed by atoms with E-state index in [-0.39, 0.29) is 32.1 Å². The van der Waals surface area contributed by atoms with Crippen molar-refractivity contribution >= 4 is 19.7 Å². The van der Waals surface area contributed by atoms with E-state index in [1.54, 1.807) is 0 Å². The van der Waals surface area contributed by atoms with Gasteiger partial charge in [-0.1, -0.05) is 167 Å². The van der Waals surface area contributed by atoms with Gasteiger partial charge in [0, 0.05) is 19.4 Å². The molecule has 0 heterocycles. The van der Waals surface area contributed by atoms with Gasteiger partial charge in [0.2, 0.25) is 5.91 Å². The van der Waals surface area contributed by atoms with Gasteiger partial charge in [-0.2, -0.15) is 0 Å². The van der Waals surface area contributed by atoms with Crippen molar-refractivity contribution in [3.8, 4) is 0 Å². The number of carbonyl (C=O) groups excluding carboxylic acids is 2. The zero-order chi connectivity index (χ0) is 44.6. The molecule has 3 N–H and O–H groups in total. The number of allylic oxidation sites excluding steroid dienone is 20. The Morgan fingerprint density at radius 2 is 0.902 bits per heavy atom. The molecular formula is C51H82NO8P. The van der Waals surface area contributed by atoms with Crippen molar-refractivity contribution in [3.05, 3.63) is 122 Å². The van der Waals surface area contributed by atoms with Crippen LogP contribution in [-0.4, -0.2) is 54.3 Å². The zero-order valence-corrected chi connectivity index (χ0v) is 38.7. The van der Waals surface area contributed by atoms with Crippen LogP contribution in [-0.2, 0) is 27.9 Å². The van der Waals surface area contributed by atoms with Crippen LogP contribution >= 0.6 is 7.82 Å². The third kappa shape index (κ3) is 47.3. The minimum atomic E-state index is -4.45. The van der Waals surface area contributed by atoms with Gasteiger partial charge < -0.3 is 20.1 Å². The molecular weight excluding hydrogens is 786 g/mol. The van der Waals surface area contributed by atoms with Crippen LogP contribution in [0.25, 0.3) is 0 Å². The highest BCUT2D eigenvalue weighted by Gasteiger charge is 2.23. The lowest BCUT2D eigenvalue weighted by atomic mass is 10.1. The molecule has 0 aliphatic heterocycles. The monoisotopic (exact) mass is 868 g/mol. The van der Waals surface area contributed by atoms with Gasteiger partial charge in [0.05, 0.1) is 13.2 Å². The van der Waals surface area contributed by atoms with E-state index >= 15 is 0 Å². The number of esters is 1. The van der Waals surface area contributed by atoms with Crippen molar-refractivity contribution in [1.29, 1.82) is 0 Å². The van der Waals surface area contributed by atoms with Crippen molar-refractivity contribution in [2.45, 2.75) is 161 Å². The van der Waals surface area contributed by atoms with Gasteiger partial charge in [-0.15, -0.1) is 0 Å². The van der Waals surface area contributed by atoms with E-state index < -0.39 is 26.5 Å². The average Bonchev–Trinajstić information content (AvgIpc) is 3.25. The van der Waals surface area contributed by atoms with E-state index in [4.69, 9.17) is 13.8 Å². The molecule has 0 radical (unpaired) electrons. The summed E-state index contributed by atoms with van der Waals surface area (Å²) in [6.45, 7) is 3.22. The number of aliphatic hydroxyl groups excluding tert-OH is 1. The van der Waals surface area contributed by atoms with Gasteiger partial charge in [0.15, 0.2) is 0 Å². The van der Waals surface area contributed by atoms with Crippen LogP contribution < -0.4 is 5.32 Å². The number of unbranched alkanes of at least 4 members (excludes halogenated alkanes) is 8. The molecule has 0 aromatic carbocycles. The zero-order valence-electron chi connectivity index (χ0n) is 37.8. The molecule has 9 nitrogen and oxygen atoms in total. The third-order valence-corrected chi connectivity index (χ3v) is 9.87. The molecule has 0 spiro atoms. The van der Waals surface area contributed by atoms with Crippen LogP contribution in [0.4, 0.5) is 0 Å². The molecule has 0 aliphatic rings. The summed E-state index contributed by atoms with van der Waals surface area (Å²) in [7, 11) is -4.45. The predicted octanol–water partition coefficient (Wildman–Crippen LogP) is 13.3. The SMILES string of the molecule is CC/C=C\C/C=C\C/C=C\C/C=C\C/C=C\C/C=C\C/C=C\CCCC(=O)NCCOP(=O)(O)OCC(O)COC(=O)CCCCCCCCC/C=C\C/C=C\C/C=C\CC. The Morgan fingerprint density at radius 3 is 1.36 bits per heavy atom. The van der Waals surface area contributed by atoms with E-state index in [2.05, 4.69) is 141 Å². The number of rotatable bonds is 41.